The van der Waals surface area contributed by atoms with E-state index < -0.39 is 23.4 Å². The molecule has 0 bridgehead atoms. The van der Waals surface area contributed by atoms with E-state index in [9.17, 15) is 13.6 Å². The zero-order chi connectivity index (χ0) is 15.7. The molecule has 5 N–H and O–H groups in total. The second kappa shape index (κ2) is 5.20. The van der Waals surface area contributed by atoms with Gasteiger partial charge in [-0.3, -0.25) is 5.32 Å². The molecule has 0 radical (unpaired) electrons. The fraction of sp³-hybridized carbons (Fsp3) is 0. The minimum Gasteiger partial charge on any atom is -0.396 e. The summed E-state index contributed by atoms with van der Waals surface area (Å²) < 4.78 is 27.2. The third-order valence-corrected chi connectivity index (χ3v) is 2.72. The highest BCUT2D eigenvalue weighted by Gasteiger charge is 2.16. The molecule has 0 unspecified atom stereocenters. The third kappa shape index (κ3) is 2.34. The van der Waals surface area contributed by atoms with Crippen molar-refractivity contribution < 1.29 is 13.6 Å². The maximum absolute atomic E-state index is 13.7. The monoisotopic (exact) mass is 306 g/mol. The van der Waals surface area contributed by atoms with Crippen molar-refractivity contribution in [2.75, 3.05) is 16.4 Å². The average Bonchev–Trinajstić information content (AvgIpc) is 2.97. The molecule has 0 atom stereocenters. The number of nitrogens with zero attached hydrogens (tertiary/aromatic N) is 4. The van der Waals surface area contributed by atoms with Gasteiger partial charge in [-0.2, -0.15) is 0 Å². The lowest BCUT2D eigenvalue weighted by molar-refractivity contribution is 0.262. The van der Waals surface area contributed by atoms with E-state index in [4.69, 9.17) is 5.73 Å². The fourth-order valence-corrected chi connectivity index (χ4v) is 1.70. The summed E-state index contributed by atoms with van der Waals surface area (Å²) in [7, 11) is 0. The second-order valence-corrected chi connectivity index (χ2v) is 4.14. The van der Waals surface area contributed by atoms with Gasteiger partial charge in [-0.15, -0.1) is 5.10 Å². The summed E-state index contributed by atoms with van der Waals surface area (Å²) >= 11 is 0. The van der Waals surface area contributed by atoms with Crippen molar-refractivity contribution in [3.63, 3.8) is 0 Å². The number of aromatic nitrogens is 5. The number of nitrogen functional groups attached to an aromatic ring is 1. The molecular weight excluding hydrogens is 298 g/mol. The molecule has 9 nitrogen and oxygen atoms in total. The van der Waals surface area contributed by atoms with Crippen molar-refractivity contribution >= 4 is 34.4 Å². The zero-order valence-electron chi connectivity index (χ0n) is 10.8. The van der Waals surface area contributed by atoms with Crippen molar-refractivity contribution in [1.82, 2.24) is 25.4 Å². The molecule has 0 saturated heterocycles. The Hall–Kier alpha value is -3.37. The van der Waals surface area contributed by atoms with E-state index in [1.54, 1.807) is 0 Å². The van der Waals surface area contributed by atoms with E-state index in [-0.39, 0.29) is 17.0 Å². The van der Waals surface area contributed by atoms with Crippen LogP contribution < -0.4 is 16.4 Å². The number of benzene rings is 1. The smallest absolute Gasteiger partial charge is 0.325 e. The standard InChI is InChI=1S/C11H8F2N8O/c12-4-1-2-5(14)6(13)7(4)17-11(22)18-9-8-10(16-3-15-9)20-21-19-8/h1-3H,14H2,(H3,15,16,17,18,19,20,21,22). The summed E-state index contributed by atoms with van der Waals surface area (Å²) in [6.45, 7) is 0. The molecule has 0 spiro atoms. The number of urea groups is 1. The van der Waals surface area contributed by atoms with E-state index in [1.807, 2.05) is 5.32 Å². The van der Waals surface area contributed by atoms with Gasteiger partial charge in [-0.1, -0.05) is 5.21 Å². The van der Waals surface area contributed by atoms with Crippen LogP contribution in [-0.2, 0) is 0 Å². The molecule has 112 valence electrons. The molecule has 1 aromatic carbocycles. The highest BCUT2D eigenvalue weighted by Crippen LogP contribution is 2.24. The van der Waals surface area contributed by atoms with Crippen LogP contribution in [0.25, 0.3) is 11.2 Å². The van der Waals surface area contributed by atoms with Gasteiger partial charge in [0.25, 0.3) is 0 Å². The summed E-state index contributed by atoms with van der Waals surface area (Å²) in [4.78, 5) is 19.5. The topological polar surface area (TPSA) is 134 Å². The van der Waals surface area contributed by atoms with E-state index in [1.165, 1.54) is 6.33 Å². The van der Waals surface area contributed by atoms with E-state index in [0.29, 0.717) is 5.65 Å². The van der Waals surface area contributed by atoms with Gasteiger partial charge in [0.2, 0.25) is 0 Å². The number of hydrogen-bond acceptors (Lipinski definition) is 6. The molecule has 2 amide bonds. The van der Waals surface area contributed by atoms with Crippen LogP contribution in [0.5, 0.6) is 0 Å². The van der Waals surface area contributed by atoms with E-state index in [2.05, 4.69) is 30.7 Å². The number of halogens is 2. The predicted octanol–water partition coefficient (Wildman–Crippen LogP) is 1.25. The van der Waals surface area contributed by atoms with Crippen LogP contribution in [0, 0.1) is 11.6 Å². The molecule has 0 aliphatic carbocycles. The van der Waals surface area contributed by atoms with Gasteiger partial charge >= 0.3 is 6.03 Å². The maximum atomic E-state index is 13.7. The number of carbonyl (C=O) groups is 1. The highest BCUT2D eigenvalue weighted by atomic mass is 19.1. The maximum Gasteiger partial charge on any atom is 0.325 e. The Labute approximate surface area is 120 Å². The largest absolute Gasteiger partial charge is 0.396 e. The van der Waals surface area contributed by atoms with Crippen LogP contribution in [0.1, 0.15) is 0 Å². The highest BCUT2D eigenvalue weighted by molar-refractivity contribution is 6.03. The number of anilines is 3. The van der Waals surface area contributed by atoms with Gasteiger partial charge in [-0.05, 0) is 12.1 Å². The van der Waals surface area contributed by atoms with Crippen molar-refractivity contribution in [2.24, 2.45) is 0 Å². The number of fused-ring (bicyclic) bond motifs is 1. The summed E-state index contributed by atoms with van der Waals surface area (Å²) in [5.74, 6) is -2.00. The van der Waals surface area contributed by atoms with Gasteiger partial charge < -0.3 is 11.1 Å². The van der Waals surface area contributed by atoms with Crippen molar-refractivity contribution in [3.05, 3.63) is 30.1 Å². The molecule has 2 heterocycles. The van der Waals surface area contributed by atoms with Crippen LogP contribution in [0.2, 0.25) is 0 Å². The van der Waals surface area contributed by atoms with Gasteiger partial charge in [0.1, 0.15) is 17.8 Å². The molecular formula is C11H8F2N8O. The number of nitrogens with one attached hydrogen (secondary N) is 3. The number of amides is 2. The van der Waals surface area contributed by atoms with Gasteiger partial charge in [0.15, 0.2) is 22.8 Å². The van der Waals surface area contributed by atoms with Crippen LogP contribution in [0.4, 0.5) is 30.8 Å². The van der Waals surface area contributed by atoms with E-state index in [0.717, 1.165) is 12.1 Å². The molecule has 0 aliphatic heterocycles. The Bertz CT molecular complexity index is 864. The molecule has 22 heavy (non-hydrogen) atoms. The quantitative estimate of drug-likeness (QED) is 0.526. The van der Waals surface area contributed by atoms with Crippen molar-refractivity contribution in [3.8, 4) is 0 Å². The van der Waals surface area contributed by atoms with Crippen molar-refractivity contribution in [1.29, 1.82) is 0 Å². The lowest BCUT2D eigenvalue weighted by Crippen LogP contribution is -2.22. The molecule has 0 aliphatic rings. The average molecular weight is 306 g/mol. The first kappa shape index (κ1) is 13.6. The summed E-state index contributed by atoms with van der Waals surface area (Å²) in [5, 5.41) is 14.0. The minimum atomic E-state index is -1.07. The predicted molar refractivity (Wildman–Crippen MR) is 72.9 cm³/mol. The zero-order valence-corrected chi connectivity index (χ0v) is 10.8. The van der Waals surface area contributed by atoms with Crippen molar-refractivity contribution in [2.45, 2.75) is 0 Å². The summed E-state index contributed by atoms with van der Waals surface area (Å²) in [5.41, 5.74) is 4.86. The molecule has 3 aromatic rings. The van der Waals surface area contributed by atoms with Crippen LogP contribution in [-0.4, -0.2) is 31.4 Å². The molecule has 2 aromatic heterocycles. The van der Waals surface area contributed by atoms with Gasteiger partial charge in [-0.25, -0.2) is 28.6 Å². The first-order valence-corrected chi connectivity index (χ1v) is 5.89. The Balaban J connectivity index is 1.84. The summed E-state index contributed by atoms with van der Waals surface area (Å²) in [6, 6.07) is 1.07. The summed E-state index contributed by atoms with van der Waals surface area (Å²) in [6.07, 6.45) is 1.17. The Morgan fingerprint density at radius 1 is 1.23 bits per heavy atom. The number of carbonyl (C=O) groups excluding carboxylic acids is 1. The first-order chi connectivity index (χ1) is 10.6. The SMILES string of the molecule is Nc1ccc(F)c(NC(=O)Nc2ncnc3[nH]nnc23)c1F. The Morgan fingerprint density at radius 3 is 2.86 bits per heavy atom. The lowest BCUT2D eigenvalue weighted by Gasteiger charge is -2.09. The number of hydrogen-bond donors (Lipinski definition) is 4. The Morgan fingerprint density at radius 2 is 2.05 bits per heavy atom. The number of H-pyrrole nitrogens is 1. The van der Waals surface area contributed by atoms with Crippen LogP contribution >= 0.6 is 0 Å². The van der Waals surface area contributed by atoms with Gasteiger partial charge in [0, 0.05) is 0 Å². The lowest BCUT2D eigenvalue weighted by atomic mass is 10.2. The van der Waals surface area contributed by atoms with E-state index >= 15 is 0 Å². The second-order valence-electron chi connectivity index (χ2n) is 4.14. The molecule has 0 fully saturated rings. The van der Waals surface area contributed by atoms with Crippen LogP contribution in [0.3, 0.4) is 0 Å². The molecule has 0 saturated carbocycles. The first-order valence-electron chi connectivity index (χ1n) is 5.89. The Kier molecular flexibility index (Phi) is 3.21. The fourth-order valence-electron chi connectivity index (χ4n) is 1.70. The molecule has 3 rings (SSSR count). The normalized spacial score (nSPS) is 10.6. The number of nitrogens with two attached hydrogens (primary N) is 1. The minimum absolute atomic E-state index is 0.0287. The number of rotatable bonds is 2. The third-order valence-electron chi connectivity index (χ3n) is 2.72. The molecule has 11 heteroatoms. The number of aromatic amines is 1. The van der Waals surface area contributed by atoms with Crippen LogP contribution in [0.15, 0.2) is 18.5 Å². The van der Waals surface area contributed by atoms with Gasteiger partial charge in [0.05, 0.1) is 5.69 Å².